The van der Waals surface area contributed by atoms with Gasteiger partial charge in [0.25, 0.3) is 0 Å². The van der Waals surface area contributed by atoms with E-state index < -0.39 is 5.97 Å². The quantitative estimate of drug-likeness (QED) is 0.763. The highest BCUT2D eigenvalue weighted by molar-refractivity contribution is 5.93. The van der Waals surface area contributed by atoms with Gasteiger partial charge in [-0.2, -0.15) is 5.10 Å². The van der Waals surface area contributed by atoms with E-state index >= 15 is 0 Å². The Hall–Kier alpha value is -3.00. The Morgan fingerprint density at radius 1 is 1.12 bits per heavy atom. The number of carboxylic acids is 1. The van der Waals surface area contributed by atoms with Crippen molar-refractivity contribution in [2.24, 2.45) is 0 Å². The van der Waals surface area contributed by atoms with E-state index in [4.69, 9.17) is 5.11 Å². The monoisotopic (exact) mass is 338 g/mol. The van der Waals surface area contributed by atoms with Gasteiger partial charge in [0.05, 0.1) is 6.20 Å². The van der Waals surface area contributed by atoms with Gasteiger partial charge in [0.15, 0.2) is 5.65 Å². The molecule has 0 aliphatic carbocycles. The average molecular weight is 338 g/mol. The molecular formula is C17H18N6O2. The molecule has 1 aliphatic rings. The normalized spacial score (nSPS) is 15.6. The molecule has 3 aromatic heterocycles. The summed E-state index contributed by atoms with van der Waals surface area (Å²) in [5.41, 5.74) is 2.72. The van der Waals surface area contributed by atoms with Crippen molar-refractivity contribution in [3.05, 3.63) is 54.2 Å². The molecule has 0 atom stereocenters. The highest BCUT2D eigenvalue weighted by Crippen LogP contribution is 2.16. The first kappa shape index (κ1) is 15.5. The van der Waals surface area contributed by atoms with E-state index in [1.165, 1.54) is 16.4 Å². The number of hydrogen-bond acceptors (Lipinski definition) is 6. The van der Waals surface area contributed by atoms with Gasteiger partial charge in [-0.15, -0.1) is 0 Å². The SMILES string of the molecule is O=C(O)c1cnn2cc(CN3CCN(c4ccncc4)CC3)cnc12. The second-order valence-electron chi connectivity index (χ2n) is 6.06. The summed E-state index contributed by atoms with van der Waals surface area (Å²) in [6.45, 7) is 4.62. The Morgan fingerprint density at radius 3 is 2.60 bits per heavy atom. The van der Waals surface area contributed by atoms with E-state index in [0.717, 1.165) is 38.3 Å². The molecular weight excluding hydrogens is 320 g/mol. The van der Waals surface area contributed by atoms with E-state index in [2.05, 4.69) is 24.9 Å². The zero-order chi connectivity index (χ0) is 17.2. The van der Waals surface area contributed by atoms with Crippen LogP contribution in [0.5, 0.6) is 0 Å². The lowest BCUT2D eigenvalue weighted by Gasteiger charge is -2.36. The van der Waals surface area contributed by atoms with Gasteiger partial charge in [-0.05, 0) is 12.1 Å². The number of pyridine rings is 1. The fourth-order valence-corrected chi connectivity index (χ4v) is 3.12. The number of carbonyl (C=O) groups is 1. The van der Waals surface area contributed by atoms with Crippen LogP contribution in [0.15, 0.2) is 43.1 Å². The first-order valence-electron chi connectivity index (χ1n) is 8.13. The molecule has 4 rings (SSSR count). The van der Waals surface area contributed by atoms with Crippen molar-refractivity contribution in [2.75, 3.05) is 31.1 Å². The minimum Gasteiger partial charge on any atom is -0.477 e. The molecule has 0 unspecified atom stereocenters. The van der Waals surface area contributed by atoms with Gasteiger partial charge in [-0.3, -0.25) is 9.88 Å². The summed E-state index contributed by atoms with van der Waals surface area (Å²) in [5, 5.41) is 13.2. The van der Waals surface area contributed by atoms with Crippen LogP contribution in [-0.4, -0.2) is 61.7 Å². The van der Waals surface area contributed by atoms with Crippen molar-refractivity contribution in [3.63, 3.8) is 0 Å². The molecule has 8 nitrogen and oxygen atoms in total. The molecule has 0 spiro atoms. The molecule has 25 heavy (non-hydrogen) atoms. The third-order valence-electron chi connectivity index (χ3n) is 4.45. The fraction of sp³-hybridized carbons (Fsp3) is 0.294. The Kier molecular flexibility index (Phi) is 4.02. The molecule has 0 saturated carbocycles. The Bertz CT molecular complexity index is 887. The second kappa shape index (κ2) is 6.48. The number of carboxylic acid groups (broad SMARTS) is 1. The second-order valence-corrected chi connectivity index (χ2v) is 6.06. The average Bonchev–Trinajstić information content (AvgIpc) is 3.07. The summed E-state index contributed by atoms with van der Waals surface area (Å²) in [7, 11) is 0. The predicted molar refractivity (Wildman–Crippen MR) is 91.7 cm³/mol. The van der Waals surface area contributed by atoms with Crippen LogP contribution in [0.3, 0.4) is 0 Å². The zero-order valence-electron chi connectivity index (χ0n) is 13.6. The van der Waals surface area contributed by atoms with Crippen molar-refractivity contribution in [2.45, 2.75) is 6.54 Å². The lowest BCUT2D eigenvalue weighted by Crippen LogP contribution is -2.46. The van der Waals surface area contributed by atoms with Crippen LogP contribution in [0.4, 0.5) is 5.69 Å². The molecule has 4 heterocycles. The third-order valence-corrected chi connectivity index (χ3v) is 4.45. The van der Waals surface area contributed by atoms with Crippen LogP contribution in [0, 0.1) is 0 Å². The molecule has 1 N–H and O–H groups in total. The van der Waals surface area contributed by atoms with Crippen molar-refractivity contribution in [1.29, 1.82) is 0 Å². The minimum atomic E-state index is -1.01. The fourth-order valence-electron chi connectivity index (χ4n) is 3.12. The smallest absolute Gasteiger partial charge is 0.341 e. The maximum Gasteiger partial charge on any atom is 0.341 e. The molecule has 128 valence electrons. The molecule has 0 radical (unpaired) electrons. The number of aromatic nitrogens is 4. The topological polar surface area (TPSA) is 86.9 Å². The summed E-state index contributed by atoms with van der Waals surface area (Å²) < 4.78 is 1.53. The number of hydrogen-bond donors (Lipinski definition) is 1. The summed E-state index contributed by atoms with van der Waals surface area (Å²) in [5.74, 6) is -1.01. The first-order chi connectivity index (χ1) is 12.2. The van der Waals surface area contributed by atoms with Crippen molar-refractivity contribution in [1.82, 2.24) is 24.5 Å². The number of aromatic carboxylic acids is 1. The summed E-state index contributed by atoms with van der Waals surface area (Å²) >= 11 is 0. The van der Waals surface area contributed by atoms with E-state index in [-0.39, 0.29) is 5.56 Å². The Morgan fingerprint density at radius 2 is 1.88 bits per heavy atom. The lowest BCUT2D eigenvalue weighted by molar-refractivity contribution is 0.0698. The predicted octanol–water partition coefficient (Wildman–Crippen LogP) is 1.14. The van der Waals surface area contributed by atoms with Crippen LogP contribution in [0.2, 0.25) is 0 Å². The van der Waals surface area contributed by atoms with Gasteiger partial charge in [-0.1, -0.05) is 0 Å². The molecule has 0 bridgehead atoms. The Balaban J connectivity index is 1.42. The third kappa shape index (κ3) is 3.16. The van der Waals surface area contributed by atoms with E-state index in [1.54, 1.807) is 6.20 Å². The number of anilines is 1. The van der Waals surface area contributed by atoms with Crippen LogP contribution in [0.1, 0.15) is 15.9 Å². The van der Waals surface area contributed by atoms with Crippen molar-refractivity contribution in [3.8, 4) is 0 Å². The van der Waals surface area contributed by atoms with Crippen LogP contribution < -0.4 is 4.90 Å². The number of fused-ring (bicyclic) bond motifs is 1. The lowest BCUT2D eigenvalue weighted by atomic mass is 10.2. The number of piperazine rings is 1. The Labute approximate surface area is 144 Å². The van der Waals surface area contributed by atoms with Gasteiger partial charge in [0.1, 0.15) is 5.56 Å². The van der Waals surface area contributed by atoms with Crippen molar-refractivity contribution < 1.29 is 9.90 Å². The highest BCUT2D eigenvalue weighted by atomic mass is 16.4. The van der Waals surface area contributed by atoms with Gasteiger partial charge in [0.2, 0.25) is 0 Å². The first-order valence-corrected chi connectivity index (χ1v) is 8.13. The van der Waals surface area contributed by atoms with E-state index in [9.17, 15) is 4.79 Å². The molecule has 3 aromatic rings. The molecule has 1 fully saturated rings. The molecule has 1 aliphatic heterocycles. The van der Waals surface area contributed by atoms with Gasteiger partial charge in [0, 0.05) is 68.8 Å². The van der Waals surface area contributed by atoms with Gasteiger partial charge < -0.3 is 10.0 Å². The van der Waals surface area contributed by atoms with Gasteiger partial charge in [-0.25, -0.2) is 14.3 Å². The molecule has 0 aromatic carbocycles. The largest absolute Gasteiger partial charge is 0.477 e. The molecule has 0 amide bonds. The van der Waals surface area contributed by atoms with Crippen LogP contribution in [0.25, 0.3) is 5.65 Å². The maximum absolute atomic E-state index is 11.1. The van der Waals surface area contributed by atoms with E-state index in [0.29, 0.717) is 5.65 Å². The zero-order valence-corrected chi connectivity index (χ0v) is 13.6. The summed E-state index contributed by atoms with van der Waals surface area (Å²) in [6, 6.07) is 4.07. The summed E-state index contributed by atoms with van der Waals surface area (Å²) in [4.78, 5) is 24.2. The number of rotatable bonds is 4. The van der Waals surface area contributed by atoms with Crippen LogP contribution in [-0.2, 0) is 6.54 Å². The molecule has 8 heteroatoms. The van der Waals surface area contributed by atoms with Gasteiger partial charge >= 0.3 is 5.97 Å². The van der Waals surface area contributed by atoms with Crippen molar-refractivity contribution >= 4 is 17.3 Å². The standard InChI is InChI=1S/C17H18N6O2/c24-17(25)15-10-20-23-12-13(9-19-16(15)23)11-21-5-7-22(8-6-21)14-1-3-18-4-2-14/h1-4,9-10,12H,5-8,11H2,(H,24,25). The number of nitrogens with zero attached hydrogens (tertiary/aromatic N) is 6. The van der Waals surface area contributed by atoms with Crippen LogP contribution >= 0.6 is 0 Å². The maximum atomic E-state index is 11.1. The molecule has 1 saturated heterocycles. The highest BCUT2D eigenvalue weighted by Gasteiger charge is 2.18. The van der Waals surface area contributed by atoms with E-state index in [1.807, 2.05) is 30.7 Å². The summed E-state index contributed by atoms with van der Waals surface area (Å²) in [6.07, 6.45) is 8.56. The minimum absolute atomic E-state index is 0.123.